The van der Waals surface area contributed by atoms with Crippen molar-refractivity contribution >= 4 is 21.6 Å². The molecule has 0 amide bonds. The number of hydrogen-bond acceptors (Lipinski definition) is 3. The molecule has 0 spiro atoms. The summed E-state index contributed by atoms with van der Waals surface area (Å²) in [5.41, 5.74) is 5.34. The third-order valence-electron chi connectivity index (χ3n) is 2.20. The van der Waals surface area contributed by atoms with E-state index in [1.54, 1.807) is 18.2 Å². The standard InChI is InChI=1S/C10H15ClN2O2S/c1-13(8-4-7-12)16(14,15)10-6-3-2-5-9(10)11/h2-3,5-6H,4,7-8,12H2,1H3. The van der Waals surface area contributed by atoms with E-state index in [0.29, 0.717) is 19.5 Å². The van der Waals surface area contributed by atoms with E-state index in [2.05, 4.69) is 0 Å². The van der Waals surface area contributed by atoms with Gasteiger partial charge in [0.25, 0.3) is 0 Å². The summed E-state index contributed by atoms with van der Waals surface area (Å²) < 4.78 is 25.4. The predicted molar refractivity (Wildman–Crippen MR) is 64.9 cm³/mol. The zero-order valence-corrected chi connectivity index (χ0v) is 10.6. The largest absolute Gasteiger partial charge is 0.330 e. The second-order valence-electron chi connectivity index (χ2n) is 3.40. The summed E-state index contributed by atoms with van der Waals surface area (Å²) in [4.78, 5) is 0.135. The van der Waals surface area contributed by atoms with Crippen molar-refractivity contribution in [3.05, 3.63) is 29.3 Å². The Hall–Kier alpha value is -0.620. The van der Waals surface area contributed by atoms with E-state index in [9.17, 15) is 8.42 Å². The van der Waals surface area contributed by atoms with Gasteiger partial charge in [-0.2, -0.15) is 0 Å². The molecule has 0 saturated heterocycles. The summed E-state index contributed by atoms with van der Waals surface area (Å²) in [6.07, 6.45) is 0.625. The van der Waals surface area contributed by atoms with Gasteiger partial charge in [0.15, 0.2) is 0 Å². The summed E-state index contributed by atoms with van der Waals surface area (Å²) in [5, 5.41) is 0.238. The van der Waals surface area contributed by atoms with Crippen molar-refractivity contribution in [1.82, 2.24) is 4.31 Å². The fourth-order valence-electron chi connectivity index (χ4n) is 1.26. The van der Waals surface area contributed by atoms with Gasteiger partial charge in [-0.15, -0.1) is 0 Å². The van der Waals surface area contributed by atoms with Crippen molar-refractivity contribution < 1.29 is 8.42 Å². The highest BCUT2D eigenvalue weighted by Gasteiger charge is 2.22. The van der Waals surface area contributed by atoms with E-state index in [-0.39, 0.29) is 9.92 Å². The van der Waals surface area contributed by atoms with Crippen LogP contribution in [0.4, 0.5) is 0 Å². The first-order chi connectivity index (χ1) is 7.50. The number of sulfonamides is 1. The lowest BCUT2D eigenvalue weighted by Crippen LogP contribution is -2.29. The van der Waals surface area contributed by atoms with Crippen LogP contribution < -0.4 is 5.73 Å². The molecule has 0 bridgehead atoms. The van der Waals surface area contributed by atoms with Gasteiger partial charge in [0.1, 0.15) is 4.90 Å². The number of benzene rings is 1. The molecule has 0 radical (unpaired) electrons. The maximum atomic E-state index is 12.1. The first kappa shape index (κ1) is 13.4. The SMILES string of the molecule is CN(CCCN)S(=O)(=O)c1ccccc1Cl. The van der Waals surface area contributed by atoms with E-state index < -0.39 is 10.0 Å². The third kappa shape index (κ3) is 2.95. The van der Waals surface area contributed by atoms with Crippen LogP contribution >= 0.6 is 11.6 Å². The molecule has 4 nitrogen and oxygen atoms in total. The van der Waals surface area contributed by atoms with Crippen molar-refractivity contribution in [1.29, 1.82) is 0 Å². The van der Waals surface area contributed by atoms with Gasteiger partial charge in [0, 0.05) is 13.6 Å². The molecule has 1 aromatic rings. The smallest absolute Gasteiger partial charge is 0.244 e. The molecule has 0 unspecified atom stereocenters. The lowest BCUT2D eigenvalue weighted by molar-refractivity contribution is 0.464. The minimum Gasteiger partial charge on any atom is -0.330 e. The van der Waals surface area contributed by atoms with Gasteiger partial charge < -0.3 is 5.73 Å². The van der Waals surface area contributed by atoms with Gasteiger partial charge in [-0.3, -0.25) is 0 Å². The molecule has 0 aliphatic heterocycles. The maximum absolute atomic E-state index is 12.1. The Morgan fingerprint density at radius 3 is 2.56 bits per heavy atom. The van der Waals surface area contributed by atoms with Gasteiger partial charge in [-0.1, -0.05) is 23.7 Å². The van der Waals surface area contributed by atoms with Crippen LogP contribution in [0.2, 0.25) is 5.02 Å². The highest BCUT2D eigenvalue weighted by molar-refractivity contribution is 7.89. The van der Waals surface area contributed by atoms with Crippen molar-refractivity contribution in [2.45, 2.75) is 11.3 Å². The van der Waals surface area contributed by atoms with E-state index >= 15 is 0 Å². The minimum absolute atomic E-state index is 0.135. The zero-order valence-electron chi connectivity index (χ0n) is 9.06. The van der Waals surface area contributed by atoms with Crippen molar-refractivity contribution in [3.63, 3.8) is 0 Å². The quantitative estimate of drug-likeness (QED) is 0.870. The molecule has 1 aromatic carbocycles. The monoisotopic (exact) mass is 262 g/mol. The van der Waals surface area contributed by atoms with E-state index in [1.165, 1.54) is 17.4 Å². The first-order valence-electron chi connectivity index (χ1n) is 4.91. The summed E-state index contributed by atoms with van der Waals surface area (Å²) in [6, 6.07) is 6.40. The predicted octanol–water partition coefficient (Wildman–Crippen LogP) is 1.31. The molecule has 0 heterocycles. The summed E-state index contributed by atoms with van der Waals surface area (Å²) >= 11 is 5.86. The molecular weight excluding hydrogens is 248 g/mol. The second-order valence-corrected chi connectivity index (χ2v) is 5.82. The molecule has 0 saturated carbocycles. The van der Waals surface area contributed by atoms with E-state index in [0.717, 1.165) is 0 Å². The lowest BCUT2D eigenvalue weighted by Gasteiger charge is -2.17. The Morgan fingerprint density at radius 2 is 2.00 bits per heavy atom. The topological polar surface area (TPSA) is 63.4 Å². The Kier molecular flexibility index (Phi) is 4.73. The number of nitrogens with zero attached hydrogens (tertiary/aromatic N) is 1. The molecule has 0 fully saturated rings. The molecule has 16 heavy (non-hydrogen) atoms. The molecule has 0 aliphatic rings. The Bertz CT molecular complexity index is 448. The van der Waals surface area contributed by atoms with Gasteiger partial charge in [0.2, 0.25) is 10.0 Å². The normalized spacial score (nSPS) is 12.0. The molecule has 1 rings (SSSR count). The van der Waals surface area contributed by atoms with Crippen molar-refractivity contribution in [3.8, 4) is 0 Å². The van der Waals surface area contributed by atoms with Crippen LogP contribution in [0.1, 0.15) is 6.42 Å². The summed E-state index contributed by atoms with van der Waals surface area (Å²) in [6.45, 7) is 0.854. The fourth-order valence-corrected chi connectivity index (χ4v) is 2.95. The van der Waals surface area contributed by atoms with Crippen LogP contribution in [0.5, 0.6) is 0 Å². The van der Waals surface area contributed by atoms with Crippen molar-refractivity contribution in [2.75, 3.05) is 20.1 Å². The highest BCUT2D eigenvalue weighted by Crippen LogP contribution is 2.23. The van der Waals surface area contributed by atoms with E-state index in [1.807, 2.05) is 0 Å². The van der Waals surface area contributed by atoms with Gasteiger partial charge in [-0.05, 0) is 25.1 Å². The van der Waals surface area contributed by atoms with Crippen LogP contribution in [-0.4, -0.2) is 32.9 Å². The number of hydrogen-bond donors (Lipinski definition) is 1. The van der Waals surface area contributed by atoms with Gasteiger partial charge >= 0.3 is 0 Å². The molecule has 0 atom stereocenters. The lowest BCUT2D eigenvalue weighted by atomic mass is 10.4. The summed E-state index contributed by atoms with van der Waals surface area (Å²) in [5.74, 6) is 0. The van der Waals surface area contributed by atoms with Gasteiger partial charge in [0.05, 0.1) is 5.02 Å². The van der Waals surface area contributed by atoms with Crippen LogP contribution in [0, 0.1) is 0 Å². The third-order valence-corrected chi connectivity index (χ3v) is 4.56. The zero-order chi connectivity index (χ0) is 12.2. The highest BCUT2D eigenvalue weighted by atomic mass is 35.5. The molecule has 2 N–H and O–H groups in total. The van der Waals surface area contributed by atoms with Crippen LogP contribution in [0.25, 0.3) is 0 Å². The van der Waals surface area contributed by atoms with Gasteiger partial charge in [-0.25, -0.2) is 12.7 Å². The minimum atomic E-state index is -3.50. The Morgan fingerprint density at radius 1 is 1.38 bits per heavy atom. The number of rotatable bonds is 5. The average Bonchev–Trinajstić information content (AvgIpc) is 2.26. The van der Waals surface area contributed by atoms with E-state index in [4.69, 9.17) is 17.3 Å². The molecular formula is C10H15ClN2O2S. The number of nitrogens with two attached hydrogens (primary N) is 1. The first-order valence-corrected chi connectivity index (χ1v) is 6.73. The molecule has 0 aromatic heterocycles. The molecule has 6 heteroatoms. The molecule has 90 valence electrons. The van der Waals surface area contributed by atoms with Crippen LogP contribution in [0.3, 0.4) is 0 Å². The van der Waals surface area contributed by atoms with Crippen LogP contribution in [-0.2, 0) is 10.0 Å². The number of halogens is 1. The average molecular weight is 263 g/mol. The second kappa shape index (κ2) is 5.63. The fraction of sp³-hybridized carbons (Fsp3) is 0.400. The van der Waals surface area contributed by atoms with Crippen molar-refractivity contribution in [2.24, 2.45) is 5.73 Å². The van der Waals surface area contributed by atoms with Crippen LogP contribution in [0.15, 0.2) is 29.2 Å². The molecule has 0 aliphatic carbocycles. The Balaban J connectivity index is 2.98. The maximum Gasteiger partial charge on any atom is 0.244 e. The summed E-state index contributed by atoms with van der Waals surface area (Å²) in [7, 11) is -1.97. The Labute approximate surface area is 101 Å².